The summed E-state index contributed by atoms with van der Waals surface area (Å²) in [6, 6.07) is 9.60. The van der Waals surface area contributed by atoms with Crippen molar-refractivity contribution in [1.29, 1.82) is 0 Å². The van der Waals surface area contributed by atoms with Crippen LogP contribution >= 0.6 is 0 Å². The van der Waals surface area contributed by atoms with Crippen LogP contribution in [0.2, 0.25) is 0 Å². The molecule has 0 aromatic heterocycles. The highest BCUT2D eigenvalue weighted by molar-refractivity contribution is 5.76. The number of hydrogen-bond acceptors (Lipinski definition) is 2. The number of ether oxygens (including phenoxy) is 1. The van der Waals surface area contributed by atoms with Crippen LogP contribution in [-0.2, 0) is 22.8 Å². The molecule has 152 valence electrons. The van der Waals surface area contributed by atoms with Crippen molar-refractivity contribution in [3.05, 3.63) is 65.0 Å². The van der Waals surface area contributed by atoms with Crippen molar-refractivity contribution in [2.45, 2.75) is 38.3 Å². The van der Waals surface area contributed by atoms with Crippen molar-refractivity contribution in [3.63, 3.8) is 0 Å². The fourth-order valence-corrected chi connectivity index (χ4v) is 2.75. The molecule has 0 unspecified atom stereocenters. The van der Waals surface area contributed by atoms with E-state index in [4.69, 9.17) is 4.74 Å². The van der Waals surface area contributed by atoms with Crippen LogP contribution in [-0.4, -0.2) is 19.6 Å². The van der Waals surface area contributed by atoms with Gasteiger partial charge >= 0.3 is 6.18 Å². The van der Waals surface area contributed by atoms with Crippen molar-refractivity contribution in [3.8, 4) is 5.75 Å². The zero-order valence-corrected chi connectivity index (χ0v) is 16.0. The number of nitrogens with one attached hydrogen (secondary N) is 1. The van der Waals surface area contributed by atoms with E-state index in [2.05, 4.69) is 5.32 Å². The first kappa shape index (κ1) is 21.7. The first-order valence-corrected chi connectivity index (χ1v) is 8.80. The van der Waals surface area contributed by atoms with Gasteiger partial charge < -0.3 is 10.1 Å². The first-order valence-electron chi connectivity index (χ1n) is 8.80. The number of hydrogen-bond donors (Lipinski definition) is 1. The Morgan fingerprint density at radius 3 is 2.36 bits per heavy atom. The maximum Gasteiger partial charge on any atom is 0.416 e. The number of halogens is 4. The van der Waals surface area contributed by atoms with Crippen molar-refractivity contribution < 1.29 is 27.1 Å². The van der Waals surface area contributed by atoms with Crippen LogP contribution in [0.5, 0.6) is 5.75 Å². The van der Waals surface area contributed by atoms with E-state index in [9.17, 15) is 22.4 Å². The largest absolute Gasteiger partial charge is 0.494 e. The van der Waals surface area contributed by atoms with Crippen molar-refractivity contribution >= 4 is 5.91 Å². The van der Waals surface area contributed by atoms with Crippen LogP contribution in [0.15, 0.2) is 42.5 Å². The molecule has 1 amide bonds. The third-order valence-corrected chi connectivity index (χ3v) is 4.56. The quantitative estimate of drug-likeness (QED) is 0.677. The summed E-state index contributed by atoms with van der Waals surface area (Å²) in [5.74, 6) is -0.613. The molecule has 0 aliphatic heterocycles. The lowest BCUT2D eigenvalue weighted by molar-refractivity contribution is -0.137. The van der Waals surface area contributed by atoms with Gasteiger partial charge in [0.05, 0.1) is 12.7 Å². The second-order valence-electron chi connectivity index (χ2n) is 7.21. The van der Waals surface area contributed by atoms with E-state index in [0.29, 0.717) is 17.5 Å². The van der Waals surface area contributed by atoms with Gasteiger partial charge in [-0.25, -0.2) is 4.39 Å². The maximum atomic E-state index is 13.7. The number of rotatable bonds is 7. The minimum atomic E-state index is -4.41. The number of methoxy groups -OCH3 is 1. The van der Waals surface area contributed by atoms with Gasteiger partial charge in [0.1, 0.15) is 0 Å². The number of carbonyl (C=O) groups excluding carboxylic acids is 1. The van der Waals surface area contributed by atoms with Gasteiger partial charge in [-0.1, -0.05) is 38.1 Å². The molecule has 0 saturated carbocycles. The Bertz CT molecular complexity index is 831. The Balaban J connectivity index is 1.93. The van der Waals surface area contributed by atoms with E-state index in [0.717, 1.165) is 12.1 Å². The van der Waals surface area contributed by atoms with Gasteiger partial charge in [0.25, 0.3) is 0 Å². The molecule has 28 heavy (non-hydrogen) atoms. The van der Waals surface area contributed by atoms with E-state index in [1.807, 2.05) is 0 Å². The van der Waals surface area contributed by atoms with E-state index in [1.165, 1.54) is 25.3 Å². The highest BCUT2D eigenvalue weighted by Crippen LogP contribution is 2.32. The molecular formula is C21H23F4NO2. The van der Waals surface area contributed by atoms with Crippen LogP contribution in [0, 0.1) is 5.82 Å². The molecular weight excluding hydrogens is 374 g/mol. The molecule has 3 nitrogen and oxygen atoms in total. The zero-order valence-electron chi connectivity index (χ0n) is 16.0. The van der Waals surface area contributed by atoms with E-state index in [1.54, 1.807) is 26.0 Å². The standard InChI is InChI=1S/C21H23F4NO2/c1-20(2,15-5-4-6-16(12-15)21(23,24)25)13-26-19(27)10-8-14-7-9-18(28-3)17(22)11-14/h4-7,9,11-12H,8,10,13H2,1-3H3,(H,26,27). The summed E-state index contributed by atoms with van der Waals surface area (Å²) in [7, 11) is 1.37. The van der Waals surface area contributed by atoms with Crippen molar-refractivity contribution in [1.82, 2.24) is 5.32 Å². The topological polar surface area (TPSA) is 38.3 Å². The molecule has 2 aromatic rings. The summed E-state index contributed by atoms with van der Waals surface area (Å²) in [5.41, 5.74) is -0.250. The minimum Gasteiger partial charge on any atom is -0.494 e. The highest BCUT2D eigenvalue weighted by atomic mass is 19.4. The molecule has 0 spiro atoms. The second kappa shape index (κ2) is 8.63. The lowest BCUT2D eigenvalue weighted by Crippen LogP contribution is -2.36. The van der Waals surface area contributed by atoms with Gasteiger partial charge in [0, 0.05) is 18.4 Å². The fourth-order valence-electron chi connectivity index (χ4n) is 2.75. The lowest BCUT2D eigenvalue weighted by atomic mass is 9.83. The van der Waals surface area contributed by atoms with Gasteiger partial charge in [-0.3, -0.25) is 4.79 Å². The fraction of sp³-hybridized carbons (Fsp3) is 0.381. The van der Waals surface area contributed by atoms with Gasteiger partial charge in [-0.15, -0.1) is 0 Å². The van der Waals surface area contributed by atoms with E-state index in [-0.39, 0.29) is 24.6 Å². The Labute approximate surface area is 161 Å². The smallest absolute Gasteiger partial charge is 0.416 e. The van der Waals surface area contributed by atoms with Crippen LogP contribution in [0.25, 0.3) is 0 Å². The monoisotopic (exact) mass is 397 g/mol. The summed E-state index contributed by atoms with van der Waals surface area (Å²) >= 11 is 0. The van der Waals surface area contributed by atoms with Crippen LogP contribution in [0.1, 0.15) is 37.0 Å². The summed E-state index contributed by atoms with van der Waals surface area (Å²) < 4.78 is 57.2. The summed E-state index contributed by atoms with van der Waals surface area (Å²) in [5, 5.41) is 2.75. The minimum absolute atomic E-state index is 0.135. The molecule has 1 N–H and O–H groups in total. The normalized spacial score (nSPS) is 12.0. The maximum absolute atomic E-state index is 13.7. The second-order valence-corrected chi connectivity index (χ2v) is 7.21. The van der Waals surface area contributed by atoms with Gasteiger partial charge in [-0.05, 0) is 35.7 Å². The average Bonchev–Trinajstić information content (AvgIpc) is 2.64. The van der Waals surface area contributed by atoms with Crippen molar-refractivity contribution in [2.24, 2.45) is 0 Å². The molecule has 7 heteroatoms. The molecule has 0 heterocycles. The predicted octanol–water partition coefficient (Wildman–Crippen LogP) is 4.88. The summed E-state index contributed by atoms with van der Waals surface area (Å²) in [4.78, 5) is 12.1. The number of carbonyl (C=O) groups is 1. The van der Waals surface area contributed by atoms with E-state index < -0.39 is 23.0 Å². The van der Waals surface area contributed by atoms with Gasteiger partial charge in [-0.2, -0.15) is 13.2 Å². The molecule has 2 rings (SSSR count). The molecule has 0 atom stereocenters. The Hall–Kier alpha value is -2.57. The number of benzene rings is 2. The molecule has 0 fully saturated rings. The predicted molar refractivity (Wildman–Crippen MR) is 98.8 cm³/mol. The number of aryl methyl sites for hydroxylation is 1. The lowest BCUT2D eigenvalue weighted by Gasteiger charge is -2.26. The van der Waals surface area contributed by atoms with Gasteiger partial charge in [0.15, 0.2) is 11.6 Å². The third-order valence-electron chi connectivity index (χ3n) is 4.56. The Morgan fingerprint density at radius 1 is 1.07 bits per heavy atom. The molecule has 0 bridgehead atoms. The Morgan fingerprint density at radius 2 is 1.75 bits per heavy atom. The molecule has 0 saturated heterocycles. The zero-order chi connectivity index (χ0) is 20.9. The average molecular weight is 397 g/mol. The van der Waals surface area contributed by atoms with Crippen LogP contribution in [0.4, 0.5) is 17.6 Å². The SMILES string of the molecule is COc1ccc(CCC(=O)NCC(C)(C)c2cccc(C(F)(F)F)c2)cc1F. The number of amides is 1. The molecule has 0 aliphatic rings. The molecule has 0 radical (unpaired) electrons. The summed E-state index contributed by atoms with van der Waals surface area (Å²) in [6.45, 7) is 3.72. The van der Waals surface area contributed by atoms with Crippen molar-refractivity contribution in [2.75, 3.05) is 13.7 Å². The third kappa shape index (κ3) is 5.71. The highest BCUT2D eigenvalue weighted by Gasteiger charge is 2.32. The molecule has 2 aromatic carbocycles. The molecule has 0 aliphatic carbocycles. The van der Waals surface area contributed by atoms with Crippen LogP contribution < -0.4 is 10.1 Å². The number of alkyl halides is 3. The van der Waals surface area contributed by atoms with Gasteiger partial charge in [0.2, 0.25) is 5.91 Å². The Kier molecular flexibility index (Phi) is 6.69. The first-order chi connectivity index (χ1) is 13.0. The van der Waals surface area contributed by atoms with Crippen LogP contribution in [0.3, 0.4) is 0 Å². The summed E-state index contributed by atoms with van der Waals surface area (Å²) in [6.07, 6.45) is -3.93. The van der Waals surface area contributed by atoms with E-state index >= 15 is 0 Å².